The number of carbonyl (C=O) groups excluding carboxylic acids is 1. The highest BCUT2D eigenvalue weighted by molar-refractivity contribution is 5.74. The monoisotopic (exact) mass is 219 g/mol. The quantitative estimate of drug-likeness (QED) is 0.781. The van der Waals surface area contributed by atoms with Gasteiger partial charge in [-0.05, 0) is 12.0 Å². The maximum absolute atomic E-state index is 11.5. The zero-order valence-electron chi connectivity index (χ0n) is 9.72. The minimum absolute atomic E-state index is 0.0197. The second-order valence-corrected chi connectivity index (χ2v) is 4.24. The number of rotatable bonds is 3. The molecule has 1 saturated heterocycles. The number of hydrogen-bond donors (Lipinski definition) is 0. The Morgan fingerprint density at radius 1 is 1.31 bits per heavy atom. The smallest absolute Gasteiger partial charge is 0.329 e. The maximum atomic E-state index is 11.5. The molecule has 0 amide bonds. The minimum atomic E-state index is -0.109. The van der Waals surface area contributed by atoms with Crippen molar-refractivity contribution in [2.75, 3.05) is 0 Å². The Morgan fingerprint density at radius 3 is 2.62 bits per heavy atom. The summed E-state index contributed by atoms with van der Waals surface area (Å²) in [5, 5.41) is 1.81. The van der Waals surface area contributed by atoms with Gasteiger partial charge in [0.2, 0.25) is 0 Å². The standard InChI is InChI=1S/C13H17NO2/c1-3-12-10(2)13(15)16-14(12)9-11-7-5-4-6-8-11/h4-8,10,12H,3,9H2,1-2H3/t10-,12-/m1/s1. The van der Waals surface area contributed by atoms with Crippen molar-refractivity contribution >= 4 is 5.97 Å². The molecule has 3 heteroatoms. The molecule has 1 aliphatic heterocycles. The van der Waals surface area contributed by atoms with Gasteiger partial charge in [-0.1, -0.05) is 44.2 Å². The summed E-state index contributed by atoms with van der Waals surface area (Å²) in [6.07, 6.45) is 0.930. The third kappa shape index (κ3) is 2.09. The van der Waals surface area contributed by atoms with E-state index in [1.165, 1.54) is 5.56 Å². The molecule has 1 aliphatic rings. The molecule has 16 heavy (non-hydrogen) atoms. The third-order valence-electron chi connectivity index (χ3n) is 3.13. The van der Waals surface area contributed by atoms with Crippen LogP contribution in [-0.4, -0.2) is 17.1 Å². The van der Waals surface area contributed by atoms with Gasteiger partial charge in [-0.3, -0.25) is 0 Å². The van der Waals surface area contributed by atoms with Crippen LogP contribution in [0, 0.1) is 5.92 Å². The Kier molecular flexibility index (Phi) is 3.25. The molecule has 0 aromatic heterocycles. The van der Waals surface area contributed by atoms with Gasteiger partial charge in [0.15, 0.2) is 0 Å². The average Bonchev–Trinajstić information content (AvgIpc) is 2.56. The summed E-state index contributed by atoms with van der Waals surface area (Å²) in [4.78, 5) is 16.8. The summed E-state index contributed by atoms with van der Waals surface area (Å²) >= 11 is 0. The Balaban J connectivity index is 2.08. The largest absolute Gasteiger partial charge is 0.367 e. The molecular weight excluding hydrogens is 202 g/mol. The molecule has 1 heterocycles. The van der Waals surface area contributed by atoms with Crippen LogP contribution < -0.4 is 0 Å². The topological polar surface area (TPSA) is 29.5 Å². The van der Waals surface area contributed by atoms with Gasteiger partial charge in [-0.2, -0.15) is 0 Å². The summed E-state index contributed by atoms with van der Waals surface area (Å²) in [6.45, 7) is 4.69. The fourth-order valence-corrected chi connectivity index (χ4v) is 2.14. The molecule has 86 valence electrons. The highest BCUT2D eigenvalue weighted by atomic mass is 16.7. The first-order valence-electron chi connectivity index (χ1n) is 5.74. The summed E-state index contributed by atoms with van der Waals surface area (Å²) < 4.78 is 0. The molecular formula is C13H17NO2. The van der Waals surface area contributed by atoms with E-state index >= 15 is 0 Å². The lowest BCUT2D eigenvalue weighted by Crippen LogP contribution is -2.30. The van der Waals surface area contributed by atoms with Crippen molar-refractivity contribution in [3.63, 3.8) is 0 Å². The van der Waals surface area contributed by atoms with E-state index in [1.54, 1.807) is 0 Å². The molecule has 2 atom stereocenters. The van der Waals surface area contributed by atoms with Gasteiger partial charge in [0.05, 0.1) is 18.5 Å². The van der Waals surface area contributed by atoms with Crippen molar-refractivity contribution in [2.45, 2.75) is 32.9 Å². The maximum Gasteiger partial charge on any atom is 0.329 e. The average molecular weight is 219 g/mol. The van der Waals surface area contributed by atoms with Crippen molar-refractivity contribution in [2.24, 2.45) is 5.92 Å². The lowest BCUT2D eigenvalue weighted by atomic mass is 10.0. The molecule has 1 aromatic carbocycles. The van der Waals surface area contributed by atoms with Crippen molar-refractivity contribution in [1.29, 1.82) is 0 Å². The fourth-order valence-electron chi connectivity index (χ4n) is 2.14. The van der Waals surface area contributed by atoms with Crippen LogP contribution in [0.15, 0.2) is 30.3 Å². The van der Waals surface area contributed by atoms with Gasteiger partial charge in [0.25, 0.3) is 0 Å². The van der Waals surface area contributed by atoms with Gasteiger partial charge < -0.3 is 4.84 Å². The number of hydroxylamine groups is 2. The van der Waals surface area contributed by atoms with E-state index in [2.05, 4.69) is 6.92 Å². The van der Waals surface area contributed by atoms with Crippen LogP contribution in [0.3, 0.4) is 0 Å². The number of nitrogens with zero attached hydrogens (tertiary/aromatic N) is 1. The highest BCUT2D eigenvalue weighted by Crippen LogP contribution is 2.26. The van der Waals surface area contributed by atoms with Crippen molar-refractivity contribution in [1.82, 2.24) is 5.06 Å². The first kappa shape index (κ1) is 11.1. The van der Waals surface area contributed by atoms with Gasteiger partial charge in [-0.15, -0.1) is 5.06 Å². The first-order chi connectivity index (χ1) is 7.72. The molecule has 1 fully saturated rings. The van der Waals surface area contributed by atoms with Crippen LogP contribution in [0.5, 0.6) is 0 Å². The van der Waals surface area contributed by atoms with Crippen LogP contribution in [0.25, 0.3) is 0 Å². The Labute approximate surface area is 96.0 Å². The lowest BCUT2D eigenvalue weighted by molar-refractivity contribution is -0.178. The van der Waals surface area contributed by atoms with E-state index < -0.39 is 0 Å². The molecule has 0 spiro atoms. The second-order valence-electron chi connectivity index (χ2n) is 4.24. The summed E-state index contributed by atoms with van der Waals surface area (Å²) in [7, 11) is 0. The Bertz CT molecular complexity index is 363. The zero-order valence-corrected chi connectivity index (χ0v) is 9.72. The highest BCUT2D eigenvalue weighted by Gasteiger charge is 2.38. The van der Waals surface area contributed by atoms with Crippen molar-refractivity contribution in [3.05, 3.63) is 35.9 Å². The fraction of sp³-hybridized carbons (Fsp3) is 0.462. The second kappa shape index (κ2) is 4.66. The van der Waals surface area contributed by atoms with Gasteiger partial charge in [0.1, 0.15) is 0 Å². The molecule has 0 bridgehead atoms. The molecule has 1 aromatic rings. The SMILES string of the molecule is CC[C@@H]1[C@@H](C)C(=O)ON1Cc1ccccc1. The van der Waals surface area contributed by atoms with E-state index in [-0.39, 0.29) is 17.9 Å². The van der Waals surface area contributed by atoms with E-state index in [4.69, 9.17) is 4.84 Å². The summed E-state index contributed by atoms with van der Waals surface area (Å²) in [5.74, 6) is -0.128. The van der Waals surface area contributed by atoms with E-state index in [0.29, 0.717) is 6.54 Å². The summed E-state index contributed by atoms with van der Waals surface area (Å²) in [6, 6.07) is 10.3. The number of hydrogen-bond acceptors (Lipinski definition) is 3. The molecule has 2 rings (SSSR count). The van der Waals surface area contributed by atoms with Gasteiger partial charge >= 0.3 is 5.97 Å². The molecule has 0 saturated carbocycles. The molecule has 0 N–H and O–H groups in total. The van der Waals surface area contributed by atoms with Crippen LogP contribution in [0.2, 0.25) is 0 Å². The van der Waals surface area contributed by atoms with Crippen LogP contribution in [0.4, 0.5) is 0 Å². The molecule has 3 nitrogen and oxygen atoms in total. The van der Waals surface area contributed by atoms with Crippen molar-refractivity contribution in [3.8, 4) is 0 Å². The number of carbonyl (C=O) groups is 1. The lowest BCUT2D eigenvalue weighted by Gasteiger charge is -2.21. The third-order valence-corrected chi connectivity index (χ3v) is 3.13. The molecule has 0 radical (unpaired) electrons. The number of benzene rings is 1. The van der Waals surface area contributed by atoms with Crippen molar-refractivity contribution < 1.29 is 9.63 Å². The van der Waals surface area contributed by atoms with Gasteiger partial charge in [0, 0.05) is 0 Å². The predicted octanol–water partition coefficient (Wildman–Crippen LogP) is 2.38. The van der Waals surface area contributed by atoms with Crippen LogP contribution >= 0.6 is 0 Å². The van der Waals surface area contributed by atoms with E-state index in [0.717, 1.165) is 6.42 Å². The molecule has 0 aliphatic carbocycles. The Morgan fingerprint density at radius 2 is 2.00 bits per heavy atom. The Hall–Kier alpha value is -1.35. The minimum Gasteiger partial charge on any atom is -0.367 e. The van der Waals surface area contributed by atoms with E-state index in [9.17, 15) is 4.79 Å². The first-order valence-corrected chi connectivity index (χ1v) is 5.74. The summed E-state index contributed by atoms with van der Waals surface area (Å²) in [5.41, 5.74) is 1.17. The van der Waals surface area contributed by atoms with Crippen LogP contribution in [-0.2, 0) is 16.2 Å². The predicted molar refractivity (Wildman–Crippen MR) is 61.3 cm³/mol. The van der Waals surface area contributed by atoms with Gasteiger partial charge in [-0.25, -0.2) is 4.79 Å². The normalized spacial score (nSPS) is 25.8. The zero-order chi connectivity index (χ0) is 11.5. The molecule has 0 unspecified atom stereocenters. The van der Waals surface area contributed by atoms with E-state index in [1.807, 2.05) is 42.3 Å². The van der Waals surface area contributed by atoms with Crippen LogP contribution in [0.1, 0.15) is 25.8 Å².